The van der Waals surface area contributed by atoms with E-state index in [0.29, 0.717) is 26.3 Å². The summed E-state index contributed by atoms with van der Waals surface area (Å²) in [6, 6.07) is 7.92. The van der Waals surface area contributed by atoms with Crippen molar-refractivity contribution >= 4 is 32.6 Å². The van der Waals surface area contributed by atoms with Crippen LogP contribution in [0.5, 0.6) is 0 Å². The van der Waals surface area contributed by atoms with Gasteiger partial charge in [-0.1, -0.05) is 23.5 Å². The highest BCUT2D eigenvalue weighted by Crippen LogP contribution is 2.28. The molecule has 0 spiro atoms. The van der Waals surface area contributed by atoms with Crippen LogP contribution in [0.25, 0.3) is 10.2 Å². The van der Waals surface area contributed by atoms with Gasteiger partial charge in [-0.05, 0) is 25.6 Å². The first kappa shape index (κ1) is 18.8. The Morgan fingerprint density at radius 3 is 2.62 bits per heavy atom. The number of likely N-dealkylation sites (N-methyl/N-ethyl adjacent to an activating group) is 1. The predicted molar refractivity (Wildman–Crippen MR) is 97.8 cm³/mol. The fourth-order valence-corrected chi connectivity index (χ4v) is 3.37. The number of thiazole rings is 1. The summed E-state index contributed by atoms with van der Waals surface area (Å²) in [5.74, 6) is 0.0334. The first-order chi connectivity index (χ1) is 11.7. The minimum Gasteiger partial charge on any atom is -0.385 e. The van der Waals surface area contributed by atoms with Crippen molar-refractivity contribution in [2.24, 2.45) is 0 Å². The number of nitrogens with zero attached hydrogens (tertiary/aromatic N) is 3. The van der Waals surface area contributed by atoms with Crippen molar-refractivity contribution in [3.63, 3.8) is 0 Å². The van der Waals surface area contributed by atoms with Crippen LogP contribution in [0.3, 0.4) is 0 Å². The molecule has 24 heavy (non-hydrogen) atoms. The van der Waals surface area contributed by atoms with Crippen molar-refractivity contribution < 1.29 is 14.3 Å². The number of hydrogen-bond donors (Lipinski definition) is 0. The lowest BCUT2D eigenvalue weighted by Gasteiger charge is -2.23. The van der Waals surface area contributed by atoms with Gasteiger partial charge in [0.15, 0.2) is 5.13 Å². The molecule has 1 heterocycles. The SMILES string of the molecule is COCCCN(C)CC(=O)N(CCOC)c1nc2ccccc2s1. The Bertz CT molecular complexity index is 614. The molecule has 0 N–H and O–H groups in total. The number of benzene rings is 1. The van der Waals surface area contributed by atoms with Gasteiger partial charge in [-0.15, -0.1) is 0 Å². The van der Waals surface area contributed by atoms with E-state index in [1.54, 1.807) is 19.1 Å². The van der Waals surface area contributed by atoms with Crippen molar-refractivity contribution in [2.45, 2.75) is 6.42 Å². The zero-order valence-corrected chi connectivity index (χ0v) is 15.3. The second kappa shape index (κ2) is 9.68. The number of hydrogen-bond acceptors (Lipinski definition) is 6. The van der Waals surface area contributed by atoms with Gasteiger partial charge >= 0.3 is 0 Å². The summed E-state index contributed by atoms with van der Waals surface area (Å²) in [5.41, 5.74) is 0.918. The number of ether oxygens (including phenoxy) is 2. The second-order valence-corrected chi connectivity index (χ2v) is 6.60. The van der Waals surface area contributed by atoms with Crippen LogP contribution in [0.1, 0.15) is 6.42 Å². The Morgan fingerprint density at radius 1 is 1.17 bits per heavy atom. The highest BCUT2D eigenvalue weighted by Gasteiger charge is 2.20. The summed E-state index contributed by atoms with van der Waals surface area (Å²) in [6.07, 6.45) is 0.902. The largest absolute Gasteiger partial charge is 0.385 e. The van der Waals surface area contributed by atoms with Crippen molar-refractivity contribution in [1.82, 2.24) is 9.88 Å². The van der Waals surface area contributed by atoms with Gasteiger partial charge in [-0.3, -0.25) is 14.6 Å². The molecule has 2 rings (SSSR count). The van der Waals surface area contributed by atoms with Crippen LogP contribution in [-0.2, 0) is 14.3 Å². The molecule has 1 aromatic heterocycles. The molecule has 0 fully saturated rings. The summed E-state index contributed by atoms with van der Waals surface area (Å²) in [4.78, 5) is 21.1. The Morgan fingerprint density at radius 2 is 1.92 bits per heavy atom. The number of rotatable bonds is 10. The lowest BCUT2D eigenvalue weighted by Crippen LogP contribution is -2.41. The Balaban J connectivity index is 2.07. The van der Waals surface area contributed by atoms with Gasteiger partial charge in [0.2, 0.25) is 5.91 Å². The normalized spacial score (nSPS) is 11.3. The second-order valence-electron chi connectivity index (χ2n) is 5.59. The van der Waals surface area contributed by atoms with Crippen molar-refractivity contribution in [1.29, 1.82) is 0 Å². The monoisotopic (exact) mass is 351 g/mol. The summed E-state index contributed by atoms with van der Waals surface area (Å²) in [7, 11) is 5.27. The summed E-state index contributed by atoms with van der Waals surface area (Å²) >= 11 is 1.53. The van der Waals surface area contributed by atoms with Gasteiger partial charge in [0, 0.05) is 27.4 Å². The van der Waals surface area contributed by atoms with Crippen molar-refractivity contribution in [3.8, 4) is 0 Å². The smallest absolute Gasteiger partial charge is 0.243 e. The minimum absolute atomic E-state index is 0.0334. The van der Waals surface area contributed by atoms with E-state index in [1.165, 1.54) is 11.3 Å². The molecule has 2 aromatic rings. The average Bonchev–Trinajstić information content (AvgIpc) is 2.99. The van der Waals surface area contributed by atoms with Crippen LogP contribution in [0.15, 0.2) is 24.3 Å². The number of para-hydroxylation sites is 1. The van der Waals surface area contributed by atoms with E-state index in [1.807, 2.05) is 36.2 Å². The number of amides is 1. The molecule has 6 nitrogen and oxygen atoms in total. The van der Waals surface area contributed by atoms with E-state index in [-0.39, 0.29) is 5.91 Å². The third kappa shape index (κ3) is 5.24. The van der Waals surface area contributed by atoms with E-state index in [0.717, 1.165) is 28.3 Å². The molecule has 132 valence electrons. The Kier molecular flexibility index (Phi) is 7.58. The lowest BCUT2D eigenvalue weighted by atomic mass is 10.3. The molecule has 0 radical (unpaired) electrons. The number of fused-ring (bicyclic) bond motifs is 1. The molecule has 7 heteroatoms. The third-order valence-electron chi connectivity index (χ3n) is 3.63. The highest BCUT2D eigenvalue weighted by molar-refractivity contribution is 7.22. The summed E-state index contributed by atoms with van der Waals surface area (Å²) in [6.45, 7) is 2.85. The van der Waals surface area contributed by atoms with Crippen LogP contribution >= 0.6 is 11.3 Å². The van der Waals surface area contributed by atoms with Crippen molar-refractivity contribution in [2.75, 3.05) is 59.0 Å². The molecule has 0 atom stereocenters. The first-order valence-corrected chi connectivity index (χ1v) is 8.79. The number of carbonyl (C=O) groups is 1. The zero-order chi connectivity index (χ0) is 17.4. The van der Waals surface area contributed by atoms with Crippen LogP contribution < -0.4 is 4.90 Å². The van der Waals surface area contributed by atoms with Crippen LogP contribution in [0, 0.1) is 0 Å². The van der Waals surface area contributed by atoms with E-state index in [4.69, 9.17) is 9.47 Å². The molecule has 0 unspecified atom stereocenters. The quantitative estimate of drug-likeness (QED) is 0.615. The molecule has 0 aliphatic heterocycles. The van der Waals surface area contributed by atoms with E-state index < -0.39 is 0 Å². The molecule has 0 saturated carbocycles. The van der Waals surface area contributed by atoms with E-state index in [2.05, 4.69) is 4.98 Å². The minimum atomic E-state index is 0.0334. The average molecular weight is 351 g/mol. The Hall–Kier alpha value is -1.54. The van der Waals surface area contributed by atoms with Crippen LogP contribution in [0.2, 0.25) is 0 Å². The molecular weight excluding hydrogens is 326 g/mol. The van der Waals surface area contributed by atoms with Gasteiger partial charge in [-0.2, -0.15) is 0 Å². The number of aromatic nitrogens is 1. The third-order valence-corrected chi connectivity index (χ3v) is 4.69. The van der Waals surface area contributed by atoms with Gasteiger partial charge < -0.3 is 9.47 Å². The maximum absolute atomic E-state index is 12.7. The highest BCUT2D eigenvalue weighted by atomic mass is 32.1. The number of methoxy groups -OCH3 is 2. The summed E-state index contributed by atoms with van der Waals surface area (Å²) in [5, 5.41) is 0.726. The van der Waals surface area contributed by atoms with Crippen LogP contribution in [0.4, 0.5) is 5.13 Å². The Labute approximate surface area is 147 Å². The van der Waals surface area contributed by atoms with Gasteiger partial charge in [-0.25, -0.2) is 4.98 Å². The molecule has 0 aliphatic carbocycles. The first-order valence-electron chi connectivity index (χ1n) is 7.98. The van der Waals surface area contributed by atoms with Crippen LogP contribution in [-0.4, -0.2) is 69.9 Å². The van der Waals surface area contributed by atoms with Gasteiger partial charge in [0.25, 0.3) is 0 Å². The molecule has 1 amide bonds. The summed E-state index contributed by atoms with van der Waals surface area (Å²) < 4.78 is 11.3. The number of anilines is 1. The van der Waals surface area contributed by atoms with Crippen molar-refractivity contribution in [3.05, 3.63) is 24.3 Å². The zero-order valence-electron chi connectivity index (χ0n) is 14.5. The molecule has 0 saturated heterocycles. The van der Waals surface area contributed by atoms with E-state index >= 15 is 0 Å². The van der Waals surface area contributed by atoms with E-state index in [9.17, 15) is 4.79 Å². The topological polar surface area (TPSA) is 54.9 Å². The maximum Gasteiger partial charge on any atom is 0.243 e. The standard InChI is InChI=1S/C17H25N3O3S/c1-19(9-6-11-22-2)13-16(21)20(10-12-23-3)17-18-14-7-4-5-8-15(14)24-17/h4-5,7-8H,6,9-13H2,1-3H3. The number of carbonyl (C=O) groups excluding carboxylic acids is 1. The van der Waals surface area contributed by atoms with Gasteiger partial charge in [0.1, 0.15) is 0 Å². The lowest BCUT2D eigenvalue weighted by molar-refractivity contribution is -0.119. The molecule has 1 aromatic carbocycles. The maximum atomic E-state index is 12.7. The predicted octanol–water partition coefficient (Wildman–Crippen LogP) is 2.24. The fraction of sp³-hybridized carbons (Fsp3) is 0.529. The molecule has 0 bridgehead atoms. The molecular formula is C17H25N3O3S. The molecule has 0 aliphatic rings. The van der Waals surface area contributed by atoms with Gasteiger partial charge in [0.05, 0.1) is 29.9 Å². The fourth-order valence-electron chi connectivity index (χ4n) is 2.36.